The quantitative estimate of drug-likeness (QED) is 0.131. The number of phenolic OH excluding ortho intramolecular Hbond substituents is 2. The van der Waals surface area contributed by atoms with Gasteiger partial charge in [-0.25, -0.2) is 4.79 Å². The number of carboxylic acid groups (broad SMARTS) is 1. The molecule has 6 heteroatoms. The molecule has 0 aliphatic rings. The zero-order chi connectivity index (χ0) is 27.1. The maximum atomic E-state index is 12.1. The molecule has 0 fully saturated rings. The molecule has 0 saturated heterocycles. The molecule has 0 aliphatic heterocycles. The van der Waals surface area contributed by atoms with E-state index in [0.717, 1.165) is 38.5 Å². The molecule has 0 saturated carbocycles. The van der Waals surface area contributed by atoms with Crippen LogP contribution in [0.15, 0.2) is 91.1 Å². The summed E-state index contributed by atoms with van der Waals surface area (Å²) in [5, 5.41) is 30.8. The summed E-state index contributed by atoms with van der Waals surface area (Å²) in [6.07, 6.45) is 31.8. The van der Waals surface area contributed by atoms with Gasteiger partial charge in [0.1, 0.15) is 6.04 Å². The lowest BCUT2D eigenvalue weighted by Gasteiger charge is -2.14. The lowest BCUT2D eigenvalue weighted by Crippen LogP contribution is -2.42. The Morgan fingerprint density at radius 2 is 1.24 bits per heavy atom. The van der Waals surface area contributed by atoms with Crippen LogP contribution >= 0.6 is 0 Å². The number of carbonyl (C=O) groups is 2. The van der Waals surface area contributed by atoms with Crippen LogP contribution in [0.3, 0.4) is 0 Å². The second-order valence-corrected chi connectivity index (χ2v) is 8.44. The van der Waals surface area contributed by atoms with Crippen LogP contribution in [0.4, 0.5) is 0 Å². The number of carboxylic acids is 1. The fourth-order valence-corrected chi connectivity index (χ4v) is 3.25. The van der Waals surface area contributed by atoms with Crippen LogP contribution in [0, 0.1) is 0 Å². The van der Waals surface area contributed by atoms with Gasteiger partial charge in [-0.05, 0) is 62.6 Å². The van der Waals surface area contributed by atoms with Gasteiger partial charge in [-0.15, -0.1) is 0 Å². The number of hydrogen-bond donors (Lipinski definition) is 4. The molecule has 0 spiro atoms. The third kappa shape index (κ3) is 16.5. The Balaban J connectivity index is 2.17. The Labute approximate surface area is 221 Å². The number of allylic oxidation sites excluding steroid dienone is 12. The van der Waals surface area contributed by atoms with Crippen molar-refractivity contribution in [2.45, 2.75) is 70.8 Å². The van der Waals surface area contributed by atoms with E-state index in [2.05, 4.69) is 73.0 Å². The number of phenols is 2. The van der Waals surface area contributed by atoms with E-state index in [0.29, 0.717) is 12.0 Å². The number of hydrogen-bond acceptors (Lipinski definition) is 4. The molecule has 1 aromatic rings. The highest BCUT2D eigenvalue weighted by atomic mass is 16.4. The zero-order valence-corrected chi connectivity index (χ0v) is 21.8. The normalized spacial score (nSPS) is 13.2. The Bertz CT molecular complexity index is 985. The molecular weight excluding hydrogens is 466 g/mol. The first-order valence-corrected chi connectivity index (χ1v) is 12.9. The summed E-state index contributed by atoms with van der Waals surface area (Å²) in [6.45, 7) is 2.14. The van der Waals surface area contributed by atoms with Crippen LogP contribution in [-0.4, -0.2) is 33.2 Å². The van der Waals surface area contributed by atoms with Gasteiger partial charge >= 0.3 is 5.97 Å². The molecule has 0 bridgehead atoms. The number of rotatable bonds is 18. The van der Waals surface area contributed by atoms with Gasteiger partial charge < -0.3 is 20.6 Å². The van der Waals surface area contributed by atoms with Crippen molar-refractivity contribution >= 4 is 11.9 Å². The molecule has 0 heterocycles. The van der Waals surface area contributed by atoms with Crippen molar-refractivity contribution in [3.05, 3.63) is 96.7 Å². The van der Waals surface area contributed by atoms with E-state index in [4.69, 9.17) is 0 Å². The summed E-state index contributed by atoms with van der Waals surface area (Å²) in [4.78, 5) is 23.6. The molecule has 0 unspecified atom stereocenters. The molecule has 1 aromatic carbocycles. The molecule has 4 N–H and O–H groups in total. The maximum Gasteiger partial charge on any atom is 0.326 e. The summed E-state index contributed by atoms with van der Waals surface area (Å²) in [7, 11) is 0. The van der Waals surface area contributed by atoms with Crippen molar-refractivity contribution in [1.82, 2.24) is 5.32 Å². The molecule has 1 rings (SSSR count). The van der Waals surface area contributed by atoms with Crippen molar-refractivity contribution < 1.29 is 24.9 Å². The number of aliphatic carboxylic acids is 1. The number of amides is 1. The van der Waals surface area contributed by atoms with Crippen LogP contribution in [0.2, 0.25) is 0 Å². The average Bonchev–Trinajstić information content (AvgIpc) is 2.87. The number of nitrogens with one attached hydrogen (secondary N) is 1. The third-order valence-corrected chi connectivity index (χ3v) is 5.25. The highest BCUT2D eigenvalue weighted by Crippen LogP contribution is 2.25. The van der Waals surface area contributed by atoms with Gasteiger partial charge in [0.2, 0.25) is 5.91 Å². The van der Waals surface area contributed by atoms with E-state index in [1.54, 1.807) is 0 Å². The Kier molecular flexibility index (Phi) is 17.2. The van der Waals surface area contributed by atoms with Gasteiger partial charge in [-0.3, -0.25) is 4.79 Å². The summed E-state index contributed by atoms with van der Waals surface area (Å²) >= 11 is 0. The number of carbonyl (C=O) groups excluding carboxylic acids is 1. The first-order valence-electron chi connectivity index (χ1n) is 12.9. The SMILES string of the molecule is CCC=CCC=CCC=CCC=CCC=CCC=CCCC(=O)N[C@@H](Cc1ccc(O)c(O)c1)C(=O)O. The molecule has 200 valence electrons. The van der Waals surface area contributed by atoms with Gasteiger partial charge in [-0.2, -0.15) is 0 Å². The zero-order valence-electron chi connectivity index (χ0n) is 21.8. The number of benzene rings is 1. The Hall–Kier alpha value is -3.80. The van der Waals surface area contributed by atoms with Crippen molar-refractivity contribution in [3.63, 3.8) is 0 Å². The Morgan fingerprint density at radius 1 is 0.757 bits per heavy atom. The lowest BCUT2D eigenvalue weighted by molar-refractivity contribution is -0.141. The summed E-state index contributed by atoms with van der Waals surface area (Å²) < 4.78 is 0. The van der Waals surface area contributed by atoms with Crippen molar-refractivity contribution in [3.8, 4) is 11.5 Å². The van der Waals surface area contributed by atoms with Crippen LogP contribution in [0.25, 0.3) is 0 Å². The predicted octanol–water partition coefficient (Wildman–Crippen LogP) is 6.69. The van der Waals surface area contributed by atoms with Gasteiger partial charge in [0.05, 0.1) is 0 Å². The largest absolute Gasteiger partial charge is 0.504 e. The molecule has 1 atom stereocenters. The molecule has 37 heavy (non-hydrogen) atoms. The topological polar surface area (TPSA) is 107 Å². The van der Waals surface area contributed by atoms with E-state index in [-0.39, 0.29) is 30.2 Å². The second-order valence-electron chi connectivity index (χ2n) is 8.44. The monoisotopic (exact) mass is 507 g/mol. The van der Waals surface area contributed by atoms with Gasteiger partial charge in [0.15, 0.2) is 11.5 Å². The smallest absolute Gasteiger partial charge is 0.326 e. The van der Waals surface area contributed by atoms with E-state index >= 15 is 0 Å². The predicted molar refractivity (Wildman–Crippen MR) is 150 cm³/mol. The molecule has 0 aromatic heterocycles. The molecule has 6 nitrogen and oxygen atoms in total. The highest BCUT2D eigenvalue weighted by Gasteiger charge is 2.20. The van der Waals surface area contributed by atoms with Crippen molar-refractivity contribution in [2.75, 3.05) is 0 Å². The van der Waals surface area contributed by atoms with Crippen LogP contribution < -0.4 is 5.32 Å². The second kappa shape index (κ2) is 20.4. The van der Waals surface area contributed by atoms with Crippen LogP contribution in [-0.2, 0) is 16.0 Å². The molecule has 0 radical (unpaired) electrons. The highest BCUT2D eigenvalue weighted by molar-refractivity contribution is 5.83. The van der Waals surface area contributed by atoms with Crippen LogP contribution in [0.1, 0.15) is 63.9 Å². The summed E-state index contributed by atoms with van der Waals surface area (Å²) in [5.74, 6) is -2.12. The minimum Gasteiger partial charge on any atom is -0.504 e. The minimum absolute atomic E-state index is 0.00875. The van der Waals surface area contributed by atoms with Crippen molar-refractivity contribution in [1.29, 1.82) is 0 Å². The average molecular weight is 508 g/mol. The fourth-order valence-electron chi connectivity index (χ4n) is 3.25. The standard InChI is InChI=1S/C31H41NO5/c1-2-3-4-5-6-7-8-9-10-11-12-13-14-15-16-17-18-19-20-21-30(35)32-27(31(36)37)24-26-22-23-28(33)29(34)25-26/h3-4,6-7,9-10,12-13,15-16,18-19,22-23,25,27,33-34H,2,5,8,11,14,17,20-21,24H2,1H3,(H,32,35)(H,36,37)/t27-/m0/s1. The summed E-state index contributed by atoms with van der Waals surface area (Å²) in [5.41, 5.74) is 0.500. The molecule has 0 aliphatic carbocycles. The maximum absolute atomic E-state index is 12.1. The van der Waals surface area contributed by atoms with Gasteiger partial charge in [-0.1, -0.05) is 85.9 Å². The lowest BCUT2D eigenvalue weighted by atomic mass is 10.0. The molecular formula is C31H41NO5. The fraction of sp³-hybridized carbons (Fsp3) is 0.355. The van der Waals surface area contributed by atoms with Crippen LogP contribution in [0.5, 0.6) is 11.5 Å². The van der Waals surface area contributed by atoms with Gasteiger partial charge in [0, 0.05) is 12.8 Å². The van der Waals surface area contributed by atoms with Gasteiger partial charge in [0.25, 0.3) is 0 Å². The van der Waals surface area contributed by atoms with Crippen molar-refractivity contribution in [2.24, 2.45) is 0 Å². The first-order chi connectivity index (χ1) is 17.9. The Morgan fingerprint density at radius 3 is 1.70 bits per heavy atom. The minimum atomic E-state index is -1.16. The third-order valence-electron chi connectivity index (χ3n) is 5.25. The molecule has 1 amide bonds. The first kappa shape index (κ1) is 31.2. The van der Waals surface area contributed by atoms with E-state index < -0.39 is 12.0 Å². The summed E-state index contributed by atoms with van der Waals surface area (Å²) in [6, 6.07) is 2.97. The van der Waals surface area contributed by atoms with E-state index in [9.17, 15) is 24.9 Å². The number of aromatic hydroxyl groups is 2. The van der Waals surface area contributed by atoms with E-state index in [1.807, 2.05) is 12.2 Å². The van der Waals surface area contributed by atoms with E-state index in [1.165, 1.54) is 18.2 Å².